The Morgan fingerprint density at radius 1 is 1.38 bits per heavy atom. The Hall–Kier alpha value is -1.10. The molecule has 0 aromatic rings. The van der Waals surface area contributed by atoms with Gasteiger partial charge in [-0.05, 0) is 0 Å². The van der Waals surface area contributed by atoms with Crippen LogP contribution in [0.25, 0.3) is 0 Å². The summed E-state index contributed by atoms with van der Waals surface area (Å²) in [5, 5.41) is 2.56. The number of carbonyl (C=O) groups excluding carboxylic acids is 2. The highest BCUT2D eigenvalue weighted by molar-refractivity contribution is 5.89. The summed E-state index contributed by atoms with van der Waals surface area (Å²) in [5.74, 6) is -0.179. The lowest BCUT2D eigenvalue weighted by Crippen LogP contribution is -2.57. The fourth-order valence-corrected chi connectivity index (χ4v) is 1.66. The largest absolute Gasteiger partial charge is 0.377 e. The first-order valence-corrected chi connectivity index (χ1v) is 5.48. The summed E-state index contributed by atoms with van der Waals surface area (Å²) < 4.78 is 5.24. The zero-order valence-electron chi connectivity index (χ0n) is 10.4. The number of morpholine rings is 1. The van der Waals surface area contributed by atoms with Crippen LogP contribution < -0.4 is 5.32 Å². The van der Waals surface area contributed by atoms with Crippen molar-refractivity contribution in [2.45, 2.75) is 26.8 Å². The third kappa shape index (κ3) is 2.72. The Labute approximate surface area is 96.1 Å². The maximum absolute atomic E-state index is 12.1. The molecule has 5 heteroatoms. The number of carbonyl (C=O) groups is 2. The zero-order chi connectivity index (χ0) is 12.3. The van der Waals surface area contributed by atoms with Crippen LogP contribution in [0.2, 0.25) is 0 Å². The normalized spacial score (nSPS) is 21.8. The highest BCUT2D eigenvalue weighted by atomic mass is 16.5. The van der Waals surface area contributed by atoms with Crippen LogP contribution >= 0.6 is 0 Å². The van der Waals surface area contributed by atoms with Crippen LogP contribution in [0.15, 0.2) is 0 Å². The summed E-state index contributed by atoms with van der Waals surface area (Å²) in [6.07, 6.45) is 0. The van der Waals surface area contributed by atoms with E-state index in [-0.39, 0.29) is 18.4 Å². The molecule has 0 bridgehead atoms. The maximum atomic E-state index is 12.1. The SMILES string of the molecule is CNC(=O)C1COCCN1C(=O)C(C)(C)C. The van der Waals surface area contributed by atoms with Crippen molar-refractivity contribution in [1.82, 2.24) is 10.2 Å². The molecule has 0 aromatic heterocycles. The minimum absolute atomic E-state index is 0.00981. The Bertz CT molecular complexity index is 283. The van der Waals surface area contributed by atoms with Gasteiger partial charge < -0.3 is 15.0 Å². The Morgan fingerprint density at radius 2 is 2.00 bits per heavy atom. The van der Waals surface area contributed by atoms with Crippen molar-refractivity contribution in [2.24, 2.45) is 5.41 Å². The van der Waals surface area contributed by atoms with Crippen molar-refractivity contribution in [3.63, 3.8) is 0 Å². The fraction of sp³-hybridized carbons (Fsp3) is 0.818. The van der Waals surface area contributed by atoms with Crippen molar-refractivity contribution in [3.05, 3.63) is 0 Å². The molecule has 2 amide bonds. The number of rotatable bonds is 1. The molecule has 1 fully saturated rings. The van der Waals surface area contributed by atoms with E-state index in [1.54, 1.807) is 11.9 Å². The van der Waals surface area contributed by atoms with Gasteiger partial charge in [-0.15, -0.1) is 0 Å². The van der Waals surface area contributed by atoms with Crippen LogP contribution in [0.5, 0.6) is 0 Å². The lowest BCUT2D eigenvalue weighted by Gasteiger charge is -2.37. The van der Waals surface area contributed by atoms with Crippen molar-refractivity contribution in [1.29, 1.82) is 0 Å². The summed E-state index contributed by atoms with van der Waals surface area (Å²) >= 11 is 0. The second-order valence-electron chi connectivity index (χ2n) is 4.95. The average Bonchev–Trinajstić information content (AvgIpc) is 2.25. The van der Waals surface area contributed by atoms with Crippen molar-refractivity contribution < 1.29 is 14.3 Å². The summed E-state index contributed by atoms with van der Waals surface area (Å²) in [5.41, 5.74) is -0.469. The molecular formula is C11H20N2O3. The maximum Gasteiger partial charge on any atom is 0.244 e. The van der Waals surface area contributed by atoms with Crippen LogP contribution in [-0.2, 0) is 14.3 Å². The molecule has 0 spiro atoms. The number of hydrogen-bond donors (Lipinski definition) is 1. The smallest absolute Gasteiger partial charge is 0.244 e. The molecule has 0 aliphatic carbocycles. The number of ether oxygens (including phenoxy) is 1. The van der Waals surface area contributed by atoms with Crippen LogP contribution in [0.4, 0.5) is 0 Å². The number of amides is 2. The molecule has 1 aliphatic rings. The summed E-state index contributed by atoms with van der Waals surface area (Å²) in [4.78, 5) is 25.4. The lowest BCUT2D eigenvalue weighted by atomic mass is 9.93. The van der Waals surface area contributed by atoms with E-state index in [2.05, 4.69) is 5.32 Å². The molecule has 16 heavy (non-hydrogen) atoms. The first-order chi connectivity index (χ1) is 7.38. The van der Waals surface area contributed by atoms with E-state index in [9.17, 15) is 9.59 Å². The predicted molar refractivity (Wildman–Crippen MR) is 59.8 cm³/mol. The van der Waals surface area contributed by atoms with E-state index >= 15 is 0 Å². The number of nitrogens with zero attached hydrogens (tertiary/aromatic N) is 1. The molecule has 0 saturated carbocycles. The minimum Gasteiger partial charge on any atom is -0.377 e. The van der Waals surface area contributed by atoms with Crippen LogP contribution in [0.1, 0.15) is 20.8 Å². The van der Waals surface area contributed by atoms with Gasteiger partial charge in [-0.2, -0.15) is 0 Å². The van der Waals surface area contributed by atoms with Gasteiger partial charge in [-0.25, -0.2) is 0 Å². The highest BCUT2D eigenvalue weighted by Crippen LogP contribution is 2.20. The summed E-state index contributed by atoms with van der Waals surface area (Å²) in [7, 11) is 1.57. The van der Waals surface area contributed by atoms with E-state index in [0.29, 0.717) is 13.2 Å². The molecule has 0 radical (unpaired) electrons. The lowest BCUT2D eigenvalue weighted by molar-refractivity contribution is -0.154. The number of nitrogens with one attached hydrogen (secondary N) is 1. The van der Waals surface area contributed by atoms with Gasteiger partial charge in [-0.3, -0.25) is 9.59 Å². The Morgan fingerprint density at radius 3 is 2.50 bits per heavy atom. The van der Waals surface area contributed by atoms with Gasteiger partial charge in [0.2, 0.25) is 11.8 Å². The van der Waals surface area contributed by atoms with E-state index in [4.69, 9.17) is 4.74 Å². The quantitative estimate of drug-likeness (QED) is 0.687. The molecule has 1 atom stereocenters. The molecule has 1 N–H and O–H groups in total. The zero-order valence-corrected chi connectivity index (χ0v) is 10.4. The molecule has 1 saturated heterocycles. The van der Waals surface area contributed by atoms with E-state index in [1.807, 2.05) is 20.8 Å². The number of likely N-dealkylation sites (N-methyl/N-ethyl adjacent to an activating group) is 1. The van der Waals surface area contributed by atoms with Crippen molar-refractivity contribution >= 4 is 11.8 Å². The van der Waals surface area contributed by atoms with Crippen LogP contribution in [0.3, 0.4) is 0 Å². The second-order valence-corrected chi connectivity index (χ2v) is 4.95. The Kier molecular flexibility index (Phi) is 3.91. The molecule has 0 aromatic carbocycles. The highest BCUT2D eigenvalue weighted by Gasteiger charge is 2.37. The van der Waals surface area contributed by atoms with Crippen LogP contribution in [0, 0.1) is 5.41 Å². The topological polar surface area (TPSA) is 58.6 Å². The van der Waals surface area contributed by atoms with E-state index < -0.39 is 11.5 Å². The standard InChI is InChI=1S/C11H20N2O3/c1-11(2,3)10(15)13-5-6-16-7-8(13)9(14)12-4/h8H,5-7H2,1-4H3,(H,12,14). The molecule has 1 unspecified atom stereocenters. The van der Waals surface area contributed by atoms with Crippen LogP contribution in [-0.4, -0.2) is 49.6 Å². The molecule has 5 nitrogen and oxygen atoms in total. The first kappa shape index (κ1) is 13.0. The summed E-state index contributed by atoms with van der Waals surface area (Å²) in [6.45, 7) is 6.81. The number of hydrogen-bond acceptors (Lipinski definition) is 3. The average molecular weight is 228 g/mol. The van der Waals surface area contributed by atoms with Gasteiger partial charge in [-0.1, -0.05) is 20.8 Å². The molecule has 92 valence electrons. The minimum atomic E-state index is -0.495. The summed E-state index contributed by atoms with van der Waals surface area (Å²) in [6, 6.07) is -0.495. The third-order valence-electron chi connectivity index (χ3n) is 2.58. The van der Waals surface area contributed by atoms with Crippen molar-refractivity contribution in [3.8, 4) is 0 Å². The Balaban J connectivity index is 2.82. The monoisotopic (exact) mass is 228 g/mol. The third-order valence-corrected chi connectivity index (χ3v) is 2.58. The van der Waals surface area contributed by atoms with Gasteiger partial charge >= 0.3 is 0 Å². The molecular weight excluding hydrogens is 208 g/mol. The van der Waals surface area contributed by atoms with E-state index in [0.717, 1.165) is 0 Å². The van der Waals surface area contributed by atoms with Gasteiger partial charge in [0.25, 0.3) is 0 Å². The van der Waals surface area contributed by atoms with Crippen molar-refractivity contribution in [2.75, 3.05) is 26.8 Å². The molecule has 1 heterocycles. The van der Waals surface area contributed by atoms with E-state index in [1.165, 1.54) is 0 Å². The second kappa shape index (κ2) is 4.82. The fourth-order valence-electron chi connectivity index (χ4n) is 1.66. The van der Waals surface area contributed by atoms with Gasteiger partial charge in [0.05, 0.1) is 13.2 Å². The van der Waals surface area contributed by atoms with Gasteiger partial charge in [0.15, 0.2) is 0 Å². The molecule has 1 rings (SSSR count). The predicted octanol–water partition coefficient (Wildman–Crippen LogP) is 0.00590. The van der Waals surface area contributed by atoms with Gasteiger partial charge in [0.1, 0.15) is 6.04 Å². The molecule has 1 aliphatic heterocycles. The van der Waals surface area contributed by atoms with Gasteiger partial charge in [0, 0.05) is 19.0 Å². The first-order valence-electron chi connectivity index (χ1n) is 5.48.